The lowest BCUT2D eigenvalue weighted by Crippen LogP contribution is -2.27. The molecule has 0 aliphatic heterocycles. The Balaban J connectivity index is 3.18. The van der Waals surface area contributed by atoms with Crippen LogP contribution in [0.5, 0.6) is 0 Å². The molecular weight excluding hydrogens is 312 g/mol. The monoisotopic (exact) mass is 338 g/mol. The number of thioether (sulfide) groups is 2. The maximum Gasteiger partial charge on any atom is 0.0911 e. The zero-order valence-electron chi connectivity index (χ0n) is 14.0. The Hall–Kier alpha value is -0.840. The molecule has 0 saturated carbocycles. The fourth-order valence-corrected chi connectivity index (χ4v) is 3.77. The van der Waals surface area contributed by atoms with E-state index in [2.05, 4.69) is 12.1 Å². The second-order valence-electron chi connectivity index (χ2n) is 5.87. The van der Waals surface area contributed by atoms with Gasteiger partial charge < -0.3 is 9.84 Å². The highest BCUT2D eigenvalue weighted by atomic mass is 32.2. The Morgan fingerprint density at radius 1 is 1.27 bits per heavy atom. The van der Waals surface area contributed by atoms with Gasteiger partial charge in [-0.1, -0.05) is 50.7 Å². The molecule has 0 aromatic heterocycles. The minimum Gasteiger partial charge on any atom is -0.501 e. The van der Waals surface area contributed by atoms with Crippen molar-refractivity contribution in [3.8, 4) is 0 Å². The van der Waals surface area contributed by atoms with Crippen LogP contribution in [0.4, 0.5) is 0 Å². The summed E-state index contributed by atoms with van der Waals surface area (Å²) in [7, 11) is 0. The molecule has 0 bridgehead atoms. The molecule has 1 aromatic rings. The third-order valence-corrected chi connectivity index (χ3v) is 5.08. The van der Waals surface area contributed by atoms with Crippen molar-refractivity contribution >= 4 is 23.5 Å². The van der Waals surface area contributed by atoms with Gasteiger partial charge in [0.15, 0.2) is 0 Å². The Morgan fingerprint density at radius 3 is 2.41 bits per heavy atom. The molecule has 122 valence electrons. The molecule has 1 atom stereocenters. The number of allylic oxidation sites excluding steroid dienone is 1. The Labute approximate surface area is 143 Å². The van der Waals surface area contributed by atoms with Crippen LogP contribution >= 0.6 is 23.5 Å². The number of aliphatic hydroxyl groups is 1. The van der Waals surface area contributed by atoms with Gasteiger partial charge in [-0.3, -0.25) is 0 Å². The Bertz CT molecular complexity index is 502. The lowest BCUT2D eigenvalue weighted by atomic mass is 9.89. The van der Waals surface area contributed by atoms with Crippen LogP contribution in [-0.4, -0.2) is 24.1 Å². The van der Waals surface area contributed by atoms with Gasteiger partial charge in [0.25, 0.3) is 0 Å². The molecule has 2 nitrogen and oxygen atoms in total. The first-order valence-electron chi connectivity index (χ1n) is 7.37. The zero-order chi connectivity index (χ0) is 16.6. The third-order valence-electron chi connectivity index (χ3n) is 2.98. The summed E-state index contributed by atoms with van der Waals surface area (Å²) in [5.41, 5.74) is -0.225. The summed E-state index contributed by atoms with van der Waals surface area (Å²) in [4.78, 5) is 3.11. The van der Waals surface area contributed by atoms with Gasteiger partial charge in [0, 0.05) is 14.7 Å². The van der Waals surface area contributed by atoms with E-state index in [0.29, 0.717) is 6.61 Å². The lowest BCUT2D eigenvalue weighted by molar-refractivity contribution is 0.102. The molecule has 0 saturated heterocycles. The molecule has 1 rings (SSSR count). The maximum atomic E-state index is 10.8. The summed E-state index contributed by atoms with van der Waals surface area (Å²) in [6.07, 6.45) is 5.12. The van der Waals surface area contributed by atoms with Crippen LogP contribution in [0.1, 0.15) is 27.7 Å². The smallest absolute Gasteiger partial charge is 0.0911 e. The molecule has 0 radical (unpaired) electrons. The second kappa shape index (κ2) is 9.33. The number of hydrogen-bond acceptors (Lipinski definition) is 4. The van der Waals surface area contributed by atoms with Crippen molar-refractivity contribution < 1.29 is 9.84 Å². The quantitative estimate of drug-likeness (QED) is 0.414. The number of aliphatic hydroxyl groups excluding tert-OH is 1. The van der Waals surface area contributed by atoms with Crippen LogP contribution < -0.4 is 0 Å². The predicted molar refractivity (Wildman–Crippen MR) is 99.1 cm³/mol. The van der Waals surface area contributed by atoms with Gasteiger partial charge in [0.2, 0.25) is 0 Å². The van der Waals surface area contributed by atoms with Crippen molar-refractivity contribution in [1.29, 1.82) is 0 Å². The fourth-order valence-electron chi connectivity index (χ4n) is 1.71. The number of hydrogen-bond donors (Lipinski definition) is 1. The summed E-state index contributed by atoms with van der Waals surface area (Å²) in [6.45, 7) is 8.74. The number of rotatable bonds is 7. The van der Waals surface area contributed by atoms with E-state index in [1.165, 1.54) is 0 Å². The highest BCUT2D eigenvalue weighted by Gasteiger charge is 2.28. The van der Waals surface area contributed by atoms with E-state index in [1.807, 2.05) is 58.2 Å². The van der Waals surface area contributed by atoms with Crippen molar-refractivity contribution in [2.24, 2.45) is 5.41 Å². The van der Waals surface area contributed by atoms with Gasteiger partial charge in [-0.25, -0.2) is 0 Å². The average molecular weight is 339 g/mol. The highest BCUT2D eigenvalue weighted by Crippen LogP contribution is 2.40. The maximum absolute atomic E-state index is 10.8. The van der Waals surface area contributed by atoms with Crippen LogP contribution in [0.2, 0.25) is 0 Å². The van der Waals surface area contributed by atoms with Gasteiger partial charge in [0.1, 0.15) is 0 Å². The summed E-state index contributed by atoms with van der Waals surface area (Å²) in [5, 5.41) is 10.8. The van der Waals surface area contributed by atoms with E-state index in [-0.39, 0.29) is 5.41 Å². The summed E-state index contributed by atoms with van der Waals surface area (Å²) >= 11 is 3.24. The van der Waals surface area contributed by atoms with E-state index in [0.717, 1.165) is 14.7 Å². The normalized spacial score (nSPS) is 14.8. The summed E-state index contributed by atoms with van der Waals surface area (Å²) in [6, 6.07) is 10.1. The standard InChI is InChI=1S/C18H26O2S2/c1-6-20-13-12-15(21-5)16(17(19)18(2,3)4)22-14-10-8-7-9-11-14/h7-13,17,19H,6H2,1-5H3/b13-12+,16-15+. The third kappa shape index (κ3) is 6.11. The molecule has 4 heteroatoms. The van der Waals surface area contributed by atoms with Gasteiger partial charge in [0.05, 0.1) is 19.0 Å². The van der Waals surface area contributed by atoms with E-state index < -0.39 is 6.10 Å². The molecule has 22 heavy (non-hydrogen) atoms. The molecule has 1 N–H and O–H groups in total. The average Bonchev–Trinajstić information content (AvgIpc) is 2.49. The Morgan fingerprint density at radius 2 is 1.91 bits per heavy atom. The minimum absolute atomic E-state index is 0.225. The predicted octanol–water partition coefficient (Wildman–Crippen LogP) is 5.31. The second-order valence-corrected chi connectivity index (χ2v) is 7.84. The zero-order valence-corrected chi connectivity index (χ0v) is 15.6. The van der Waals surface area contributed by atoms with Crippen molar-refractivity contribution in [3.63, 3.8) is 0 Å². The van der Waals surface area contributed by atoms with Crippen molar-refractivity contribution in [3.05, 3.63) is 52.5 Å². The SMILES string of the molecule is CCO/C=C/C(SC)=C(\Sc1ccccc1)C(O)C(C)(C)C. The van der Waals surface area contributed by atoms with Crippen LogP contribution in [0.3, 0.4) is 0 Å². The van der Waals surface area contributed by atoms with Gasteiger partial charge in [-0.05, 0) is 36.8 Å². The molecule has 1 unspecified atom stereocenters. The first kappa shape index (κ1) is 19.2. The fraction of sp³-hybridized carbons (Fsp3) is 0.444. The molecule has 0 heterocycles. The van der Waals surface area contributed by atoms with Crippen molar-refractivity contribution in [2.75, 3.05) is 12.9 Å². The van der Waals surface area contributed by atoms with E-state index in [9.17, 15) is 5.11 Å². The molecule has 0 aliphatic carbocycles. The van der Waals surface area contributed by atoms with E-state index >= 15 is 0 Å². The first-order valence-corrected chi connectivity index (χ1v) is 9.41. The van der Waals surface area contributed by atoms with Gasteiger partial charge >= 0.3 is 0 Å². The molecule has 1 aromatic carbocycles. The highest BCUT2D eigenvalue weighted by molar-refractivity contribution is 8.06. The van der Waals surface area contributed by atoms with Crippen LogP contribution in [0.15, 0.2) is 57.4 Å². The van der Waals surface area contributed by atoms with Crippen molar-refractivity contribution in [2.45, 2.75) is 38.7 Å². The first-order chi connectivity index (χ1) is 10.4. The lowest BCUT2D eigenvalue weighted by Gasteiger charge is -2.29. The van der Waals surface area contributed by atoms with Crippen molar-refractivity contribution in [1.82, 2.24) is 0 Å². The van der Waals surface area contributed by atoms with Crippen LogP contribution in [0, 0.1) is 5.41 Å². The van der Waals surface area contributed by atoms with Gasteiger partial charge in [-0.2, -0.15) is 0 Å². The Kier molecular flexibility index (Phi) is 8.15. The number of ether oxygens (including phenoxy) is 1. The molecule has 0 amide bonds. The largest absolute Gasteiger partial charge is 0.501 e. The topological polar surface area (TPSA) is 29.5 Å². The van der Waals surface area contributed by atoms with Crippen LogP contribution in [-0.2, 0) is 4.74 Å². The molecule has 0 spiro atoms. The number of benzene rings is 1. The summed E-state index contributed by atoms with van der Waals surface area (Å²) in [5.74, 6) is 0. The van der Waals surface area contributed by atoms with Crippen LogP contribution in [0.25, 0.3) is 0 Å². The van der Waals surface area contributed by atoms with Gasteiger partial charge in [-0.15, -0.1) is 11.8 Å². The van der Waals surface area contributed by atoms with E-state index in [4.69, 9.17) is 4.74 Å². The summed E-state index contributed by atoms with van der Waals surface area (Å²) < 4.78 is 5.31. The molecule has 0 fully saturated rings. The van der Waals surface area contributed by atoms with E-state index in [1.54, 1.807) is 29.8 Å². The minimum atomic E-state index is -0.536. The molecular formula is C18H26O2S2. The molecule has 0 aliphatic rings.